The Morgan fingerprint density at radius 3 is 2.48 bits per heavy atom. The van der Waals surface area contributed by atoms with Crippen molar-refractivity contribution < 1.29 is 18.0 Å². The van der Waals surface area contributed by atoms with Crippen LogP contribution in [0.4, 0.5) is 5.69 Å². The second kappa shape index (κ2) is 11.6. The van der Waals surface area contributed by atoms with Crippen LogP contribution < -0.4 is 15.4 Å². The Morgan fingerprint density at radius 2 is 1.79 bits per heavy atom. The minimum absolute atomic E-state index is 0.0111. The topological polar surface area (TPSA) is 131 Å². The summed E-state index contributed by atoms with van der Waals surface area (Å²) >= 11 is 0. The number of carbonyl (C=O) groups excluding carboxylic acids is 2. The first-order valence-electron chi connectivity index (χ1n) is 10.7. The van der Waals surface area contributed by atoms with Gasteiger partial charge in [0.25, 0.3) is 5.91 Å². The van der Waals surface area contributed by atoms with Crippen molar-refractivity contribution >= 4 is 27.5 Å². The quantitative estimate of drug-likeness (QED) is 0.479. The molecule has 1 aliphatic heterocycles. The van der Waals surface area contributed by atoms with Crippen LogP contribution >= 0.6 is 0 Å². The number of sulfonamides is 1. The lowest BCUT2D eigenvalue weighted by Gasteiger charge is -2.31. The van der Waals surface area contributed by atoms with Crippen LogP contribution in [-0.4, -0.2) is 57.4 Å². The largest absolute Gasteiger partial charge is 0.349 e. The lowest BCUT2D eigenvalue weighted by Crippen LogP contribution is -2.46. The zero-order chi connectivity index (χ0) is 23.7. The Hall–Kier alpha value is -3.26. The summed E-state index contributed by atoms with van der Waals surface area (Å²) in [6, 6.07) is 16.9. The number of hydrogen-bond donors (Lipinski definition) is 3. The fraction of sp³-hybridized carbons (Fsp3) is 0.348. The molecule has 3 N–H and O–H groups in total. The van der Waals surface area contributed by atoms with Gasteiger partial charge in [0.1, 0.15) is 0 Å². The Morgan fingerprint density at radius 1 is 1.06 bits per heavy atom. The van der Waals surface area contributed by atoms with E-state index in [4.69, 9.17) is 5.26 Å². The van der Waals surface area contributed by atoms with E-state index in [0.29, 0.717) is 25.9 Å². The molecule has 2 amide bonds. The molecular weight excluding hydrogens is 442 g/mol. The fourth-order valence-corrected chi connectivity index (χ4v) is 4.64. The SMILES string of the molecule is N#CCCNS(=O)(=O)c1cccc(C(=O)NC2CCN(CC(=O)Nc3ccccc3)CC2)c1. The van der Waals surface area contributed by atoms with Crippen molar-refractivity contribution in [3.05, 3.63) is 60.2 Å². The van der Waals surface area contributed by atoms with Crippen molar-refractivity contribution in [2.75, 3.05) is 31.5 Å². The molecule has 174 valence electrons. The van der Waals surface area contributed by atoms with Crippen molar-refractivity contribution in [1.29, 1.82) is 5.26 Å². The summed E-state index contributed by atoms with van der Waals surface area (Å²) in [4.78, 5) is 26.9. The number of nitriles is 1. The predicted octanol–water partition coefficient (Wildman–Crippen LogP) is 1.71. The van der Waals surface area contributed by atoms with Crippen LogP contribution in [-0.2, 0) is 14.8 Å². The molecule has 1 aliphatic rings. The van der Waals surface area contributed by atoms with Crippen LogP contribution in [0.15, 0.2) is 59.5 Å². The van der Waals surface area contributed by atoms with Crippen molar-refractivity contribution in [1.82, 2.24) is 14.9 Å². The highest BCUT2D eigenvalue weighted by molar-refractivity contribution is 7.89. The molecule has 9 nitrogen and oxygen atoms in total. The maximum atomic E-state index is 12.7. The number of anilines is 1. The number of benzene rings is 2. The molecular formula is C23H27N5O4S. The minimum Gasteiger partial charge on any atom is -0.349 e. The van der Waals surface area contributed by atoms with Gasteiger partial charge in [-0.15, -0.1) is 0 Å². The van der Waals surface area contributed by atoms with Crippen LogP contribution in [0.2, 0.25) is 0 Å². The molecule has 0 radical (unpaired) electrons. The molecule has 10 heteroatoms. The first kappa shape index (κ1) is 24.4. The van der Waals surface area contributed by atoms with E-state index in [0.717, 1.165) is 5.69 Å². The van der Waals surface area contributed by atoms with E-state index in [1.807, 2.05) is 41.3 Å². The summed E-state index contributed by atoms with van der Waals surface area (Å²) in [5.41, 5.74) is 1.01. The summed E-state index contributed by atoms with van der Waals surface area (Å²) in [6.45, 7) is 1.64. The molecule has 3 rings (SSSR count). The van der Waals surface area contributed by atoms with Gasteiger partial charge in [0, 0.05) is 43.3 Å². The summed E-state index contributed by atoms with van der Waals surface area (Å²) in [6.07, 6.45) is 1.45. The molecule has 0 aliphatic carbocycles. The van der Waals surface area contributed by atoms with Crippen molar-refractivity contribution in [2.45, 2.75) is 30.2 Å². The monoisotopic (exact) mass is 469 g/mol. The van der Waals surface area contributed by atoms with E-state index in [-0.39, 0.29) is 47.8 Å². The van der Waals surface area contributed by atoms with Crippen LogP contribution in [0.1, 0.15) is 29.6 Å². The van der Waals surface area contributed by atoms with Gasteiger partial charge in [-0.3, -0.25) is 14.5 Å². The standard InChI is InChI=1S/C23H27N5O4S/c24-12-5-13-25-33(31,32)21-9-4-6-18(16-21)23(30)27-20-10-14-28(15-11-20)17-22(29)26-19-7-2-1-3-8-19/h1-4,6-9,16,20,25H,5,10-11,13-15,17H2,(H,26,29)(H,27,30). The average Bonchev–Trinajstić information content (AvgIpc) is 2.81. The van der Waals surface area contributed by atoms with Crippen LogP contribution in [0.25, 0.3) is 0 Å². The third-order valence-electron chi connectivity index (χ3n) is 5.28. The minimum atomic E-state index is -3.79. The number of piperidine rings is 1. The summed E-state index contributed by atoms with van der Waals surface area (Å²) < 4.78 is 27.0. The van der Waals surface area contributed by atoms with Gasteiger partial charge in [-0.05, 0) is 43.2 Å². The zero-order valence-corrected chi connectivity index (χ0v) is 19.0. The Kier molecular flexibility index (Phi) is 8.54. The number of amides is 2. The van der Waals surface area contributed by atoms with Crippen LogP contribution in [0, 0.1) is 11.3 Å². The second-order valence-electron chi connectivity index (χ2n) is 7.77. The number of hydrogen-bond acceptors (Lipinski definition) is 6. The number of nitrogens with zero attached hydrogens (tertiary/aromatic N) is 2. The summed E-state index contributed by atoms with van der Waals surface area (Å²) in [7, 11) is -3.79. The highest BCUT2D eigenvalue weighted by Crippen LogP contribution is 2.15. The summed E-state index contributed by atoms with van der Waals surface area (Å²) in [5.74, 6) is -0.422. The number of rotatable bonds is 9. The first-order valence-corrected chi connectivity index (χ1v) is 12.2. The highest BCUT2D eigenvalue weighted by atomic mass is 32.2. The van der Waals surface area contributed by atoms with Gasteiger partial charge in [0.05, 0.1) is 17.5 Å². The number of para-hydroxylation sites is 1. The van der Waals surface area contributed by atoms with Gasteiger partial charge in [0.15, 0.2) is 0 Å². The Balaban J connectivity index is 1.48. The van der Waals surface area contributed by atoms with Gasteiger partial charge in [-0.2, -0.15) is 5.26 Å². The van der Waals surface area contributed by atoms with Gasteiger partial charge in [-0.25, -0.2) is 13.1 Å². The molecule has 33 heavy (non-hydrogen) atoms. The van der Waals surface area contributed by atoms with Crippen molar-refractivity contribution in [3.63, 3.8) is 0 Å². The maximum Gasteiger partial charge on any atom is 0.251 e. The molecule has 0 atom stereocenters. The van der Waals surface area contributed by atoms with Gasteiger partial charge in [0.2, 0.25) is 15.9 Å². The molecule has 0 aromatic heterocycles. The molecule has 2 aromatic carbocycles. The molecule has 1 fully saturated rings. The van der Waals surface area contributed by atoms with E-state index in [1.165, 1.54) is 18.2 Å². The number of nitrogens with one attached hydrogen (secondary N) is 3. The third-order valence-corrected chi connectivity index (χ3v) is 6.74. The molecule has 1 heterocycles. The van der Waals surface area contributed by atoms with E-state index in [1.54, 1.807) is 6.07 Å². The molecule has 0 unspecified atom stereocenters. The van der Waals surface area contributed by atoms with E-state index < -0.39 is 10.0 Å². The van der Waals surface area contributed by atoms with Crippen LogP contribution in [0.3, 0.4) is 0 Å². The second-order valence-corrected chi connectivity index (χ2v) is 9.54. The lowest BCUT2D eigenvalue weighted by molar-refractivity contribution is -0.117. The molecule has 0 saturated carbocycles. The van der Waals surface area contributed by atoms with Crippen molar-refractivity contribution in [2.24, 2.45) is 0 Å². The number of likely N-dealkylation sites (tertiary alicyclic amines) is 1. The molecule has 2 aromatic rings. The molecule has 1 saturated heterocycles. The lowest BCUT2D eigenvalue weighted by atomic mass is 10.0. The Labute approximate surface area is 193 Å². The third kappa shape index (κ3) is 7.39. The van der Waals surface area contributed by atoms with E-state index >= 15 is 0 Å². The fourth-order valence-electron chi connectivity index (χ4n) is 3.56. The van der Waals surface area contributed by atoms with Gasteiger partial charge >= 0.3 is 0 Å². The predicted molar refractivity (Wildman–Crippen MR) is 124 cm³/mol. The zero-order valence-electron chi connectivity index (χ0n) is 18.2. The molecule has 0 spiro atoms. The van der Waals surface area contributed by atoms with E-state index in [9.17, 15) is 18.0 Å². The maximum absolute atomic E-state index is 12.7. The normalized spacial score (nSPS) is 14.9. The van der Waals surface area contributed by atoms with E-state index in [2.05, 4.69) is 15.4 Å². The van der Waals surface area contributed by atoms with Gasteiger partial charge < -0.3 is 10.6 Å². The average molecular weight is 470 g/mol. The first-order chi connectivity index (χ1) is 15.9. The number of carbonyl (C=O) groups is 2. The Bertz CT molecular complexity index is 1110. The summed E-state index contributed by atoms with van der Waals surface area (Å²) in [5, 5.41) is 14.4. The molecule has 0 bridgehead atoms. The van der Waals surface area contributed by atoms with Crippen LogP contribution in [0.5, 0.6) is 0 Å². The van der Waals surface area contributed by atoms with Crippen molar-refractivity contribution in [3.8, 4) is 6.07 Å². The smallest absolute Gasteiger partial charge is 0.251 e. The van der Waals surface area contributed by atoms with Gasteiger partial charge in [-0.1, -0.05) is 24.3 Å². The highest BCUT2D eigenvalue weighted by Gasteiger charge is 2.23.